The third-order valence-corrected chi connectivity index (χ3v) is 5.13. The van der Waals surface area contributed by atoms with Crippen LogP contribution in [0.3, 0.4) is 0 Å². The number of nitro groups is 1. The van der Waals surface area contributed by atoms with Crippen molar-refractivity contribution >= 4 is 11.6 Å². The van der Waals surface area contributed by atoms with Crippen LogP contribution in [0.25, 0.3) is 0 Å². The molecule has 0 saturated carbocycles. The number of rotatable bonds is 6. The van der Waals surface area contributed by atoms with Gasteiger partial charge in [0.05, 0.1) is 4.92 Å². The molecule has 0 radical (unpaired) electrons. The van der Waals surface area contributed by atoms with Gasteiger partial charge in [-0.3, -0.25) is 24.5 Å². The van der Waals surface area contributed by atoms with Crippen molar-refractivity contribution in [3.8, 4) is 0 Å². The quantitative estimate of drug-likeness (QED) is 0.575. The number of nitrogens with zero attached hydrogens (tertiary/aromatic N) is 5. The lowest BCUT2D eigenvalue weighted by Crippen LogP contribution is -2.50. The van der Waals surface area contributed by atoms with Crippen molar-refractivity contribution in [3.05, 3.63) is 57.9 Å². The molecular weight excluding hydrogens is 346 g/mol. The molecule has 8 heteroatoms. The maximum Gasteiger partial charge on any atom is 0.307 e. The molecular formula is C19H25N5O3. The molecule has 144 valence electrons. The fourth-order valence-corrected chi connectivity index (χ4v) is 3.43. The Bertz CT molecular complexity index is 811. The standard InChI is InChI=1S/C19H25N5O3/c1-3-18(23-14-17(12-20-23)24(26)27)19(25)22-10-8-21(9-11-22)13-16-7-5-4-6-15(16)2/h4-7,12,14,18H,3,8-11,13H2,1-2H3. The number of hydrogen-bond acceptors (Lipinski definition) is 5. The average Bonchev–Trinajstić information content (AvgIpc) is 3.15. The van der Waals surface area contributed by atoms with Crippen LogP contribution in [0.5, 0.6) is 0 Å². The minimum Gasteiger partial charge on any atom is -0.338 e. The van der Waals surface area contributed by atoms with Gasteiger partial charge >= 0.3 is 5.69 Å². The molecule has 0 spiro atoms. The van der Waals surface area contributed by atoms with Crippen molar-refractivity contribution < 1.29 is 9.72 Å². The first-order valence-electron chi connectivity index (χ1n) is 9.23. The summed E-state index contributed by atoms with van der Waals surface area (Å²) < 4.78 is 1.42. The van der Waals surface area contributed by atoms with Crippen molar-refractivity contribution in [2.24, 2.45) is 0 Å². The lowest BCUT2D eigenvalue weighted by atomic mass is 10.1. The molecule has 0 N–H and O–H groups in total. The van der Waals surface area contributed by atoms with E-state index in [0.29, 0.717) is 19.5 Å². The van der Waals surface area contributed by atoms with Crippen LogP contribution in [0.15, 0.2) is 36.7 Å². The van der Waals surface area contributed by atoms with Crippen molar-refractivity contribution in [2.45, 2.75) is 32.9 Å². The number of hydrogen-bond donors (Lipinski definition) is 0. The lowest BCUT2D eigenvalue weighted by molar-refractivity contribution is -0.385. The summed E-state index contributed by atoms with van der Waals surface area (Å²) in [5.74, 6) is -0.0222. The van der Waals surface area contributed by atoms with Gasteiger partial charge < -0.3 is 4.90 Å². The highest BCUT2D eigenvalue weighted by atomic mass is 16.6. The molecule has 1 aromatic carbocycles. The van der Waals surface area contributed by atoms with E-state index in [1.165, 1.54) is 28.2 Å². The van der Waals surface area contributed by atoms with E-state index in [4.69, 9.17) is 0 Å². The molecule has 1 aromatic heterocycles. The second-order valence-corrected chi connectivity index (χ2v) is 6.89. The molecule has 2 aromatic rings. The summed E-state index contributed by atoms with van der Waals surface area (Å²) in [5.41, 5.74) is 2.50. The highest BCUT2D eigenvalue weighted by Gasteiger charge is 2.29. The third kappa shape index (κ3) is 4.33. The van der Waals surface area contributed by atoms with Gasteiger partial charge in [-0.05, 0) is 24.5 Å². The van der Waals surface area contributed by atoms with Crippen LogP contribution in [0.1, 0.15) is 30.5 Å². The van der Waals surface area contributed by atoms with Crippen LogP contribution in [0.2, 0.25) is 0 Å². The SMILES string of the molecule is CCC(C(=O)N1CCN(Cc2ccccc2C)CC1)n1cc([N+](=O)[O-])cn1. The Kier molecular flexibility index (Phi) is 5.85. The van der Waals surface area contributed by atoms with Crippen LogP contribution in [-0.2, 0) is 11.3 Å². The lowest BCUT2D eigenvalue weighted by Gasteiger charge is -2.36. The van der Waals surface area contributed by atoms with Gasteiger partial charge in [-0.2, -0.15) is 5.10 Å². The van der Waals surface area contributed by atoms with Crippen LogP contribution in [0, 0.1) is 17.0 Å². The number of carbonyl (C=O) groups is 1. The van der Waals surface area contributed by atoms with E-state index in [-0.39, 0.29) is 11.6 Å². The highest BCUT2D eigenvalue weighted by molar-refractivity contribution is 5.80. The minimum absolute atomic E-state index is 0.0222. The summed E-state index contributed by atoms with van der Waals surface area (Å²) in [6.07, 6.45) is 3.07. The van der Waals surface area contributed by atoms with Gasteiger partial charge in [0.15, 0.2) is 0 Å². The van der Waals surface area contributed by atoms with Crippen LogP contribution < -0.4 is 0 Å². The Morgan fingerprint density at radius 3 is 2.56 bits per heavy atom. The van der Waals surface area contributed by atoms with Gasteiger partial charge in [0, 0.05) is 32.7 Å². The maximum absolute atomic E-state index is 12.9. The van der Waals surface area contributed by atoms with Crippen LogP contribution >= 0.6 is 0 Å². The van der Waals surface area contributed by atoms with Crippen molar-refractivity contribution in [1.82, 2.24) is 19.6 Å². The van der Waals surface area contributed by atoms with Crippen molar-refractivity contribution in [1.29, 1.82) is 0 Å². The summed E-state index contributed by atoms with van der Waals surface area (Å²) in [4.78, 5) is 27.5. The third-order valence-electron chi connectivity index (χ3n) is 5.13. The molecule has 1 saturated heterocycles. The topological polar surface area (TPSA) is 84.5 Å². The second-order valence-electron chi connectivity index (χ2n) is 6.89. The molecule has 8 nitrogen and oxygen atoms in total. The fourth-order valence-electron chi connectivity index (χ4n) is 3.43. The summed E-state index contributed by atoms with van der Waals surface area (Å²) in [6, 6.07) is 7.85. The minimum atomic E-state index is -0.499. The van der Waals surface area contributed by atoms with E-state index in [9.17, 15) is 14.9 Å². The molecule has 1 aliphatic rings. The molecule has 1 atom stereocenters. The van der Waals surface area contributed by atoms with E-state index >= 15 is 0 Å². The monoisotopic (exact) mass is 371 g/mol. The number of carbonyl (C=O) groups excluding carboxylic acids is 1. The zero-order valence-corrected chi connectivity index (χ0v) is 15.7. The number of amides is 1. The van der Waals surface area contributed by atoms with E-state index < -0.39 is 11.0 Å². The molecule has 1 fully saturated rings. The summed E-state index contributed by atoms with van der Waals surface area (Å²) in [7, 11) is 0. The van der Waals surface area contributed by atoms with Crippen molar-refractivity contribution in [2.75, 3.05) is 26.2 Å². The Morgan fingerprint density at radius 2 is 1.96 bits per heavy atom. The fraction of sp³-hybridized carbons (Fsp3) is 0.474. The summed E-state index contributed by atoms with van der Waals surface area (Å²) in [6.45, 7) is 7.84. The van der Waals surface area contributed by atoms with E-state index in [2.05, 4.69) is 35.1 Å². The molecule has 0 aliphatic carbocycles. The predicted octanol–water partition coefficient (Wildman–Crippen LogP) is 2.40. The molecule has 27 heavy (non-hydrogen) atoms. The maximum atomic E-state index is 12.9. The first kappa shape index (κ1) is 19.0. The first-order chi connectivity index (χ1) is 13.0. The van der Waals surface area contributed by atoms with Crippen molar-refractivity contribution in [3.63, 3.8) is 0 Å². The largest absolute Gasteiger partial charge is 0.338 e. The molecule has 3 rings (SSSR count). The number of aryl methyl sites for hydroxylation is 1. The van der Waals surface area contributed by atoms with E-state index in [0.717, 1.165) is 19.6 Å². The molecule has 1 unspecified atom stereocenters. The summed E-state index contributed by atoms with van der Waals surface area (Å²) in [5, 5.41) is 14.9. The number of benzene rings is 1. The van der Waals surface area contributed by atoms with Gasteiger partial charge in [0.2, 0.25) is 5.91 Å². The average molecular weight is 371 g/mol. The smallest absolute Gasteiger partial charge is 0.307 e. The Balaban J connectivity index is 1.59. The molecule has 2 heterocycles. The van der Waals surface area contributed by atoms with Crippen LogP contribution in [0.4, 0.5) is 5.69 Å². The molecule has 1 aliphatic heterocycles. The normalized spacial score (nSPS) is 16.3. The predicted molar refractivity (Wildman–Crippen MR) is 101 cm³/mol. The van der Waals surface area contributed by atoms with Crippen LogP contribution in [-0.4, -0.2) is 56.6 Å². The number of aromatic nitrogens is 2. The van der Waals surface area contributed by atoms with Gasteiger partial charge in [0.1, 0.15) is 18.4 Å². The van der Waals surface area contributed by atoms with Gasteiger partial charge in [-0.25, -0.2) is 0 Å². The highest BCUT2D eigenvalue weighted by Crippen LogP contribution is 2.20. The van der Waals surface area contributed by atoms with E-state index in [1.54, 1.807) is 0 Å². The first-order valence-corrected chi connectivity index (χ1v) is 9.23. The Hall–Kier alpha value is -2.74. The number of piperazine rings is 1. The zero-order valence-electron chi connectivity index (χ0n) is 15.7. The van der Waals surface area contributed by atoms with E-state index in [1.807, 2.05) is 17.9 Å². The Labute approximate surface area is 158 Å². The zero-order chi connectivity index (χ0) is 19.4. The molecule has 1 amide bonds. The molecule has 0 bridgehead atoms. The van der Waals surface area contributed by atoms with Gasteiger partial charge in [-0.15, -0.1) is 0 Å². The van der Waals surface area contributed by atoms with Gasteiger partial charge in [-0.1, -0.05) is 31.2 Å². The van der Waals surface area contributed by atoms with Gasteiger partial charge in [0.25, 0.3) is 0 Å². The second kappa shape index (κ2) is 8.30. The summed E-state index contributed by atoms with van der Waals surface area (Å²) >= 11 is 0. The Morgan fingerprint density at radius 1 is 1.26 bits per heavy atom.